The summed E-state index contributed by atoms with van der Waals surface area (Å²) in [7, 11) is 0. The lowest BCUT2D eigenvalue weighted by molar-refractivity contribution is -0.130. The summed E-state index contributed by atoms with van der Waals surface area (Å²) in [5, 5.41) is 3.23. The van der Waals surface area contributed by atoms with Crippen molar-refractivity contribution in [3.05, 3.63) is 71.9 Å². The molecule has 7 heteroatoms. The molecular formula is C27H31N5O2. The molecule has 1 aliphatic rings. The van der Waals surface area contributed by atoms with Gasteiger partial charge in [-0.05, 0) is 48.7 Å². The number of aryl methyl sites for hydroxylation is 1. The zero-order valence-electron chi connectivity index (χ0n) is 19.8. The van der Waals surface area contributed by atoms with Crippen molar-refractivity contribution >= 4 is 23.5 Å². The Morgan fingerprint density at radius 3 is 2.24 bits per heavy atom. The number of carbonyl (C=O) groups is 2. The van der Waals surface area contributed by atoms with Crippen molar-refractivity contribution in [2.45, 2.75) is 33.1 Å². The molecule has 1 saturated heterocycles. The van der Waals surface area contributed by atoms with Crippen molar-refractivity contribution in [1.82, 2.24) is 19.8 Å². The van der Waals surface area contributed by atoms with E-state index >= 15 is 0 Å². The Kier molecular flexibility index (Phi) is 7.52. The molecule has 1 aromatic heterocycles. The number of piperazine rings is 1. The van der Waals surface area contributed by atoms with Crippen LogP contribution in [0.1, 0.15) is 42.6 Å². The molecule has 1 aliphatic heterocycles. The van der Waals surface area contributed by atoms with Gasteiger partial charge in [0.05, 0.1) is 5.69 Å². The molecule has 0 saturated carbocycles. The predicted octanol–water partition coefficient (Wildman–Crippen LogP) is 4.53. The first-order chi connectivity index (χ1) is 16.5. The van der Waals surface area contributed by atoms with E-state index in [4.69, 9.17) is 0 Å². The lowest BCUT2D eigenvalue weighted by Crippen LogP contribution is -2.50. The highest BCUT2D eigenvalue weighted by Gasteiger charge is 2.23. The van der Waals surface area contributed by atoms with Crippen LogP contribution in [-0.4, -0.2) is 57.8 Å². The Morgan fingerprint density at radius 1 is 0.912 bits per heavy atom. The first-order valence-electron chi connectivity index (χ1n) is 11.9. The van der Waals surface area contributed by atoms with Crippen molar-refractivity contribution in [3.63, 3.8) is 0 Å². The van der Waals surface area contributed by atoms with E-state index < -0.39 is 0 Å². The molecule has 4 rings (SSSR count). The summed E-state index contributed by atoms with van der Waals surface area (Å²) in [6.45, 7) is 6.03. The number of carbonyl (C=O) groups excluding carboxylic acids is 2. The van der Waals surface area contributed by atoms with Crippen LogP contribution in [0.15, 0.2) is 60.8 Å². The van der Waals surface area contributed by atoms with E-state index in [2.05, 4.69) is 46.5 Å². The number of amides is 2. The third-order valence-electron chi connectivity index (χ3n) is 6.12. The SMILES string of the molecule is CCCCc1ccc(-c2ccnc(Nc3ccc(C(=O)N4CCN(C(C)=O)CC4)cc3)n2)cc1. The summed E-state index contributed by atoms with van der Waals surface area (Å²) in [4.78, 5) is 36.9. The molecule has 0 bridgehead atoms. The Morgan fingerprint density at radius 2 is 1.59 bits per heavy atom. The van der Waals surface area contributed by atoms with Gasteiger partial charge in [-0.2, -0.15) is 0 Å². The van der Waals surface area contributed by atoms with Gasteiger partial charge in [-0.1, -0.05) is 37.6 Å². The summed E-state index contributed by atoms with van der Waals surface area (Å²) in [6, 6.07) is 17.8. The number of anilines is 2. The van der Waals surface area contributed by atoms with E-state index in [1.165, 1.54) is 18.4 Å². The van der Waals surface area contributed by atoms with Gasteiger partial charge in [0.15, 0.2) is 0 Å². The lowest BCUT2D eigenvalue weighted by atomic mass is 10.0. The molecule has 2 amide bonds. The van der Waals surface area contributed by atoms with Gasteiger partial charge >= 0.3 is 0 Å². The minimum absolute atomic E-state index is 0.0182. The van der Waals surface area contributed by atoms with Gasteiger partial charge in [-0.15, -0.1) is 0 Å². The highest BCUT2D eigenvalue weighted by atomic mass is 16.2. The molecule has 1 fully saturated rings. The fourth-order valence-corrected chi connectivity index (χ4v) is 4.04. The van der Waals surface area contributed by atoms with Crippen molar-refractivity contribution in [2.75, 3.05) is 31.5 Å². The van der Waals surface area contributed by atoms with Gasteiger partial charge < -0.3 is 15.1 Å². The molecule has 176 valence electrons. The molecule has 0 atom stereocenters. The van der Waals surface area contributed by atoms with Gasteiger partial charge in [-0.3, -0.25) is 9.59 Å². The van der Waals surface area contributed by atoms with Crippen LogP contribution >= 0.6 is 0 Å². The first kappa shape index (κ1) is 23.4. The molecule has 2 heterocycles. The summed E-state index contributed by atoms with van der Waals surface area (Å²) >= 11 is 0. The number of hydrogen-bond donors (Lipinski definition) is 1. The average Bonchev–Trinajstić information content (AvgIpc) is 2.88. The van der Waals surface area contributed by atoms with E-state index in [0.29, 0.717) is 37.7 Å². The maximum atomic E-state index is 12.8. The second kappa shape index (κ2) is 10.9. The largest absolute Gasteiger partial charge is 0.339 e. The zero-order valence-corrected chi connectivity index (χ0v) is 19.8. The minimum Gasteiger partial charge on any atom is -0.339 e. The molecule has 0 unspecified atom stereocenters. The van der Waals surface area contributed by atoms with E-state index in [0.717, 1.165) is 23.4 Å². The van der Waals surface area contributed by atoms with E-state index in [1.54, 1.807) is 35.1 Å². The molecule has 2 aromatic carbocycles. The molecule has 3 aromatic rings. The van der Waals surface area contributed by atoms with Gasteiger partial charge in [0.25, 0.3) is 5.91 Å². The fourth-order valence-electron chi connectivity index (χ4n) is 4.04. The lowest BCUT2D eigenvalue weighted by Gasteiger charge is -2.34. The third kappa shape index (κ3) is 5.78. The summed E-state index contributed by atoms with van der Waals surface area (Å²) in [6.07, 6.45) is 5.23. The summed E-state index contributed by atoms with van der Waals surface area (Å²) in [5.74, 6) is 0.542. The van der Waals surface area contributed by atoms with E-state index in [1.807, 2.05) is 18.2 Å². The van der Waals surface area contributed by atoms with Gasteiger partial charge in [0, 0.05) is 56.1 Å². The molecular weight excluding hydrogens is 426 g/mol. The third-order valence-corrected chi connectivity index (χ3v) is 6.12. The smallest absolute Gasteiger partial charge is 0.253 e. The minimum atomic E-state index is -0.0182. The monoisotopic (exact) mass is 457 g/mol. The number of unbranched alkanes of at least 4 members (excludes halogenated alkanes) is 1. The molecule has 7 nitrogen and oxygen atoms in total. The molecule has 1 N–H and O–H groups in total. The number of nitrogens with one attached hydrogen (secondary N) is 1. The van der Waals surface area contributed by atoms with Crippen LogP contribution in [0.2, 0.25) is 0 Å². The normalized spacial score (nSPS) is 13.6. The number of rotatable bonds is 7. The standard InChI is InChI=1S/C27H31N5O2/c1-3-4-5-21-6-8-22(9-7-21)25-14-15-28-27(30-25)29-24-12-10-23(11-13-24)26(34)32-18-16-31(17-19-32)20(2)33/h6-15H,3-5,16-19H2,1-2H3,(H,28,29,30). The Labute approximate surface area is 200 Å². The predicted molar refractivity (Wildman–Crippen MR) is 134 cm³/mol. The van der Waals surface area contributed by atoms with E-state index in [-0.39, 0.29) is 11.8 Å². The summed E-state index contributed by atoms with van der Waals surface area (Å²) in [5.41, 5.74) is 4.69. The van der Waals surface area contributed by atoms with Crippen LogP contribution in [0, 0.1) is 0 Å². The topological polar surface area (TPSA) is 78.4 Å². The van der Waals surface area contributed by atoms with Crippen molar-refractivity contribution in [1.29, 1.82) is 0 Å². The van der Waals surface area contributed by atoms with Crippen LogP contribution in [0.3, 0.4) is 0 Å². The highest BCUT2D eigenvalue weighted by molar-refractivity contribution is 5.94. The quantitative estimate of drug-likeness (QED) is 0.564. The molecule has 34 heavy (non-hydrogen) atoms. The van der Waals surface area contributed by atoms with Gasteiger partial charge in [0.2, 0.25) is 11.9 Å². The number of benzene rings is 2. The molecule has 0 radical (unpaired) electrons. The fraction of sp³-hybridized carbons (Fsp3) is 0.333. The second-order valence-corrected chi connectivity index (χ2v) is 8.57. The maximum Gasteiger partial charge on any atom is 0.253 e. The Bertz CT molecular complexity index is 1120. The van der Waals surface area contributed by atoms with Crippen LogP contribution in [0.4, 0.5) is 11.6 Å². The molecule has 0 aliphatic carbocycles. The second-order valence-electron chi connectivity index (χ2n) is 8.57. The zero-order chi connectivity index (χ0) is 23.9. The average molecular weight is 458 g/mol. The van der Waals surface area contributed by atoms with Crippen LogP contribution in [0.5, 0.6) is 0 Å². The van der Waals surface area contributed by atoms with Crippen molar-refractivity contribution in [2.24, 2.45) is 0 Å². The first-order valence-corrected chi connectivity index (χ1v) is 11.9. The summed E-state index contributed by atoms with van der Waals surface area (Å²) < 4.78 is 0. The van der Waals surface area contributed by atoms with Crippen molar-refractivity contribution < 1.29 is 9.59 Å². The van der Waals surface area contributed by atoms with Crippen molar-refractivity contribution in [3.8, 4) is 11.3 Å². The van der Waals surface area contributed by atoms with Crippen LogP contribution in [0.25, 0.3) is 11.3 Å². The maximum absolute atomic E-state index is 12.8. The Balaban J connectivity index is 1.38. The van der Waals surface area contributed by atoms with Crippen LogP contribution in [-0.2, 0) is 11.2 Å². The van der Waals surface area contributed by atoms with Gasteiger partial charge in [0.1, 0.15) is 0 Å². The van der Waals surface area contributed by atoms with Gasteiger partial charge in [-0.25, -0.2) is 9.97 Å². The Hall–Kier alpha value is -3.74. The number of nitrogens with zero attached hydrogens (tertiary/aromatic N) is 4. The number of aromatic nitrogens is 2. The highest BCUT2D eigenvalue weighted by Crippen LogP contribution is 2.21. The van der Waals surface area contributed by atoms with E-state index in [9.17, 15) is 9.59 Å². The number of hydrogen-bond acceptors (Lipinski definition) is 5. The molecule has 0 spiro atoms. The van der Waals surface area contributed by atoms with Crippen LogP contribution < -0.4 is 5.32 Å².